The van der Waals surface area contributed by atoms with Crippen molar-refractivity contribution >= 4 is 16.8 Å². The Hall–Kier alpha value is -3.99. The Labute approximate surface area is 191 Å². The molecule has 1 atom stereocenters. The van der Waals surface area contributed by atoms with E-state index in [1.807, 2.05) is 5.10 Å². The first-order chi connectivity index (χ1) is 16.2. The lowest BCUT2D eigenvalue weighted by molar-refractivity contribution is -0.140. The Bertz CT molecular complexity index is 1410. The van der Waals surface area contributed by atoms with Crippen molar-refractivity contribution < 1.29 is 23.1 Å². The second-order valence-electron chi connectivity index (χ2n) is 7.63. The number of benzene rings is 2. The van der Waals surface area contributed by atoms with Crippen LogP contribution in [0.15, 0.2) is 59.8 Å². The van der Waals surface area contributed by atoms with Crippen molar-refractivity contribution in [3.63, 3.8) is 0 Å². The lowest BCUT2D eigenvalue weighted by atomic mass is 10.0. The number of amides is 1. The van der Waals surface area contributed by atoms with E-state index in [0.717, 1.165) is 6.20 Å². The maximum atomic E-state index is 13.2. The fraction of sp³-hybridized carbons (Fsp3) is 0.217. The molecule has 0 radical (unpaired) electrons. The number of hydrogen-bond acceptors (Lipinski definition) is 5. The molecule has 3 N–H and O–H groups in total. The van der Waals surface area contributed by atoms with Crippen LogP contribution in [-0.4, -0.2) is 43.9 Å². The first-order valence-corrected chi connectivity index (χ1v) is 10.3. The number of H-pyrrole nitrogens is 1. The quantitative estimate of drug-likeness (QED) is 0.400. The van der Waals surface area contributed by atoms with Crippen LogP contribution >= 0.6 is 0 Å². The molecule has 0 spiro atoms. The van der Waals surface area contributed by atoms with Gasteiger partial charge >= 0.3 is 6.18 Å². The van der Waals surface area contributed by atoms with E-state index in [0.29, 0.717) is 11.1 Å². The van der Waals surface area contributed by atoms with Crippen LogP contribution in [0.2, 0.25) is 0 Å². The van der Waals surface area contributed by atoms with Crippen molar-refractivity contribution in [2.45, 2.75) is 19.1 Å². The highest BCUT2D eigenvalue weighted by Gasteiger charge is 2.36. The van der Waals surface area contributed by atoms with Gasteiger partial charge in [0.25, 0.3) is 11.5 Å². The van der Waals surface area contributed by atoms with Crippen molar-refractivity contribution in [2.24, 2.45) is 0 Å². The number of nitrogens with zero attached hydrogens (tertiary/aromatic N) is 3. The van der Waals surface area contributed by atoms with Crippen molar-refractivity contribution in [2.75, 3.05) is 13.2 Å². The molecule has 4 aromatic rings. The number of aliphatic hydroxyl groups excluding tert-OH is 1. The number of hydrogen-bond donors (Lipinski definition) is 3. The van der Waals surface area contributed by atoms with Crippen LogP contribution in [0.3, 0.4) is 0 Å². The number of carbonyl (C=O) groups is 1. The molecule has 0 aliphatic heterocycles. The van der Waals surface area contributed by atoms with E-state index in [-0.39, 0.29) is 46.6 Å². The van der Waals surface area contributed by atoms with Gasteiger partial charge in [-0.3, -0.25) is 19.3 Å². The molecular weight excluding hydrogens is 451 g/mol. The van der Waals surface area contributed by atoms with E-state index in [1.165, 1.54) is 29.1 Å². The molecule has 2 heterocycles. The standard InChI is InChI=1S/C23H20F3N5O3/c1-13(14-3-2-4-16(9-14)21(33)27-7-8-32)31-12-28-19-10-15(5-6-17(19)22(31)34)18-11-29-30-20(18)23(24,25)26/h2-6,9-13,32H,7-8H2,1H3,(H,27,33)(H,29,30)/t13-/m1/s1. The van der Waals surface area contributed by atoms with Gasteiger partial charge in [0.15, 0.2) is 0 Å². The molecule has 2 aromatic carbocycles. The predicted octanol–water partition coefficient (Wildman–Crippen LogP) is 3.14. The first kappa shape index (κ1) is 23.2. The zero-order chi connectivity index (χ0) is 24.5. The highest BCUT2D eigenvalue weighted by molar-refractivity contribution is 5.94. The third-order valence-corrected chi connectivity index (χ3v) is 5.46. The number of aromatic nitrogens is 4. The minimum Gasteiger partial charge on any atom is -0.395 e. The summed E-state index contributed by atoms with van der Waals surface area (Å²) >= 11 is 0. The highest BCUT2D eigenvalue weighted by atomic mass is 19.4. The van der Waals surface area contributed by atoms with Gasteiger partial charge in [0, 0.05) is 17.7 Å². The summed E-state index contributed by atoms with van der Waals surface area (Å²) in [5, 5.41) is 17.2. The third-order valence-electron chi connectivity index (χ3n) is 5.46. The fourth-order valence-electron chi connectivity index (χ4n) is 3.67. The molecule has 176 valence electrons. The number of aromatic amines is 1. The van der Waals surface area contributed by atoms with Gasteiger partial charge in [0.05, 0.1) is 36.1 Å². The van der Waals surface area contributed by atoms with Crippen LogP contribution < -0.4 is 10.9 Å². The Morgan fingerprint density at radius 3 is 2.76 bits per heavy atom. The van der Waals surface area contributed by atoms with Crippen LogP contribution in [0.5, 0.6) is 0 Å². The molecule has 0 aliphatic carbocycles. The number of alkyl halides is 3. The van der Waals surface area contributed by atoms with Crippen LogP contribution in [0, 0.1) is 0 Å². The molecule has 0 saturated heterocycles. The summed E-state index contributed by atoms with van der Waals surface area (Å²) in [7, 11) is 0. The van der Waals surface area contributed by atoms with Crippen molar-refractivity contribution in [3.8, 4) is 11.1 Å². The molecule has 4 rings (SSSR count). The summed E-state index contributed by atoms with van der Waals surface area (Å²) < 4.78 is 41.0. The molecule has 0 saturated carbocycles. The van der Waals surface area contributed by atoms with Gasteiger partial charge in [-0.25, -0.2) is 4.98 Å². The Balaban J connectivity index is 1.69. The summed E-state index contributed by atoms with van der Waals surface area (Å²) in [6.07, 6.45) is -2.19. The van der Waals surface area contributed by atoms with Crippen molar-refractivity contribution in [3.05, 3.63) is 82.2 Å². The molecule has 0 bridgehead atoms. The van der Waals surface area contributed by atoms with Crippen LogP contribution in [0.1, 0.15) is 34.6 Å². The smallest absolute Gasteiger partial charge is 0.395 e. The zero-order valence-electron chi connectivity index (χ0n) is 17.9. The SMILES string of the molecule is C[C@H](c1cccc(C(=O)NCCO)c1)n1cnc2cc(-c3cn[nH]c3C(F)(F)F)ccc2c1=O. The minimum atomic E-state index is -4.60. The second kappa shape index (κ2) is 9.10. The molecule has 2 aromatic heterocycles. The average molecular weight is 471 g/mol. The summed E-state index contributed by atoms with van der Waals surface area (Å²) in [6, 6.07) is 10.5. The summed E-state index contributed by atoms with van der Waals surface area (Å²) in [6.45, 7) is 1.72. The number of rotatable bonds is 6. The van der Waals surface area contributed by atoms with Gasteiger partial charge in [-0.05, 0) is 42.3 Å². The Morgan fingerprint density at radius 2 is 2.03 bits per heavy atom. The van der Waals surface area contributed by atoms with Crippen molar-refractivity contribution in [1.82, 2.24) is 25.1 Å². The molecule has 0 aliphatic rings. The number of halogens is 3. The normalized spacial score (nSPS) is 12.6. The number of aliphatic hydroxyl groups is 1. The van der Waals surface area contributed by atoms with Gasteiger partial charge in [0.1, 0.15) is 5.69 Å². The molecular formula is C23H20F3N5O3. The van der Waals surface area contributed by atoms with Gasteiger partial charge in [0.2, 0.25) is 0 Å². The third kappa shape index (κ3) is 4.42. The summed E-state index contributed by atoms with van der Waals surface area (Å²) in [5.41, 5.74) is 0.0593. The topological polar surface area (TPSA) is 113 Å². The highest BCUT2D eigenvalue weighted by Crippen LogP contribution is 2.35. The fourth-order valence-corrected chi connectivity index (χ4v) is 3.67. The van der Waals surface area contributed by atoms with E-state index >= 15 is 0 Å². The van der Waals surface area contributed by atoms with Gasteiger partial charge < -0.3 is 10.4 Å². The average Bonchev–Trinajstić information content (AvgIpc) is 3.33. The molecule has 1 amide bonds. The monoisotopic (exact) mass is 471 g/mol. The lowest BCUT2D eigenvalue weighted by Gasteiger charge is -2.17. The minimum absolute atomic E-state index is 0.123. The van der Waals surface area contributed by atoms with Crippen molar-refractivity contribution in [1.29, 1.82) is 0 Å². The Morgan fingerprint density at radius 1 is 1.24 bits per heavy atom. The maximum absolute atomic E-state index is 13.2. The van der Waals surface area contributed by atoms with Crippen LogP contribution in [-0.2, 0) is 6.18 Å². The van der Waals surface area contributed by atoms with E-state index in [2.05, 4.69) is 15.4 Å². The molecule has 11 heteroatoms. The van der Waals surface area contributed by atoms with Gasteiger partial charge in [-0.1, -0.05) is 18.2 Å². The van der Waals surface area contributed by atoms with Gasteiger partial charge in [-0.2, -0.15) is 18.3 Å². The summed E-state index contributed by atoms with van der Waals surface area (Å²) in [5.74, 6) is -0.350. The molecule has 34 heavy (non-hydrogen) atoms. The second-order valence-corrected chi connectivity index (χ2v) is 7.63. The Kier molecular flexibility index (Phi) is 6.20. The number of nitrogens with one attached hydrogen (secondary N) is 2. The molecule has 0 fully saturated rings. The van der Waals surface area contributed by atoms with E-state index in [4.69, 9.17) is 5.11 Å². The van der Waals surface area contributed by atoms with E-state index in [9.17, 15) is 22.8 Å². The maximum Gasteiger partial charge on any atom is 0.433 e. The number of fused-ring (bicyclic) bond motifs is 1. The predicted molar refractivity (Wildman–Crippen MR) is 118 cm³/mol. The molecule has 0 unspecified atom stereocenters. The van der Waals surface area contributed by atoms with E-state index in [1.54, 1.807) is 31.2 Å². The molecule has 8 nitrogen and oxygen atoms in total. The largest absolute Gasteiger partial charge is 0.433 e. The van der Waals surface area contributed by atoms with Crippen LogP contribution in [0.4, 0.5) is 13.2 Å². The summed E-state index contributed by atoms with van der Waals surface area (Å²) in [4.78, 5) is 29.6. The van der Waals surface area contributed by atoms with Gasteiger partial charge in [-0.15, -0.1) is 0 Å². The number of carbonyl (C=O) groups excluding carboxylic acids is 1. The van der Waals surface area contributed by atoms with E-state index < -0.39 is 17.9 Å². The lowest BCUT2D eigenvalue weighted by Crippen LogP contribution is -2.27. The van der Waals surface area contributed by atoms with Crippen LogP contribution in [0.25, 0.3) is 22.0 Å². The zero-order valence-corrected chi connectivity index (χ0v) is 17.9. The first-order valence-electron chi connectivity index (χ1n) is 10.3.